The Hall–Kier alpha value is -2.02. The summed E-state index contributed by atoms with van der Waals surface area (Å²) < 4.78 is 7.50. The Labute approximate surface area is 110 Å². The van der Waals surface area contributed by atoms with Crippen LogP contribution in [-0.2, 0) is 15.3 Å². The average molecular weight is 261 g/mol. The van der Waals surface area contributed by atoms with Gasteiger partial charge in [0.25, 0.3) is 5.91 Å². The maximum atomic E-state index is 12.4. The van der Waals surface area contributed by atoms with E-state index in [0.29, 0.717) is 30.7 Å². The molecule has 2 aromatic rings. The summed E-state index contributed by atoms with van der Waals surface area (Å²) in [5.74, 6) is -0.143. The number of fused-ring (bicyclic) bond motifs is 1. The number of ether oxygens (including phenoxy) is 1. The summed E-state index contributed by atoms with van der Waals surface area (Å²) in [4.78, 5) is 24.7. The SMILES string of the molecule is CCNC(=O)C1(n2cnc3ncncc32)CCCO1. The van der Waals surface area contributed by atoms with Crippen molar-refractivity contribution in [2.24, 2.45) is 0 Å². The highest BCUT2D eigenvalue weighted by Gasteiger charge is 2.45. The van der Waals surface area contributed by atoms with Crippen LogP contribution in [0.1, 0.15) is 19.8 Å². The standard InChI is InChI=1S/C12H15N5O2/c1-2-14-11(18)12(4-3-5-19-12)17-8-16-10-9(17)6-13-7-15-10/h6-8H,2-5H2,1H3,(H,14,18). The molecular formula is C12H15N5O2. The highest BCUT2D eigenvalue weighted by atomic mass is 16.5. The van der Waals surface area contributed by atoms with E-state index >= 15 is 0 Å². The van der Waals surface area contributed by atoms with E-state index in [1.165, 1.54) is 6.33 Å². The zero-order valence-electron chi connectivity index (χ0n) is 10.7. The molecule has 0 radical (unpaired) electrons. The summed E-state index contributed by atoms with van der Waals surface area (Å²) in [6.07, 6.45) is 6.15. The monoisotopic (exact) mass is 261 g/mol. The summed E-state index contributed by atoms with van der Waals surface area (Å²) >= 11 is 0. The van der Waals surface area contributed by atoms with Crippen LogP contribution in [0, 0.1) is 0 Å². The lowest BCUT2D eigenvalue weighted by molar-refractivity contribution is -0.153. The number of nitrogens with zero attached hydrogens (tertiary/aromatic N) is 4. The van der Waals surface area contributed by atoms with Gasteiger partial charge in [0.15, 0.2) is 5.65 Å². The van der Waals surface area contributed by atoms with Crippen molar-refractivity contribution in [1.82, 2.24) is 24.8 Å². The normalized spacial score (nSPS) is 22.8. The molecule has 1 amide bonds. The van der Waals surface area contributed by atoms with Gasteiger partial charge in [-0.05, 0) is 13.3 Å². The first-order chi connectivity index (χ1) is 9.28. The molecule has 2 aromatic heterocycles. The van der Waals surface area contributed by atoms with Crippen LogP contribution in [0.5, 0.6) is 0 Å². The molecule has 1 saturated heterocycles. The Morgan fingerprint density at radius 1 is 1.58 bits per heavy atom. The van der Waals surface area contributed by atoms with Gasteiger partial charge in [-0.15, -0.1) is 0 Å². The number of hydrogen-bond donors (Lipinski definition) is 1. The predicted octanol–water partition coefficient (Wildman–Crippen LogP) is 0.426. The first kappa shape index (κ1) is 12.0. The maximum absolute atomic E-state index is 12.4. The van der Waals surface area contributed by atoms with Crippen LogP contribution >= 0.6 is 0 Å². The lowest BCUT2D eigenvalue weighted by atomic mass is 10.1. The molecule has 100 valence electrons. The van der Waals surface area contributed by atoms with Crippen LogP contribution < -0.4 is 5.32 Å². The second-order valence-corrected chi connectivity index (χ2v) is 4.44. The Balaban J connectivity index is 2.12. The van der Waals surface area contributed by atoms with Crippen molar-refractivity contribution in [3.05, 3.63) is 18.9 Å². The van der Waals surface area contributed by atoms with E-state index in [1.807, 2.05) is 6.92 Å². The molecule has 1 aliphatic heterocycles. The molecule has 3 rings (SSSR count). The Morgan fingerprint density at radius 3 is 3.21 bits per heavy atom. The van der Waals surface area contributed by atoms with E-state index in [9.17, 15) is 4.79 Å². The molecule has 3 heterocycles. The first-order valence-corrected chi connectivity index (χ1v) is 6.34. The third-order valence-corrected chi connectivity index (χ3v) is 3.31. The van der Waals surface area contributed by atoms with Gasteiger partial charge in [0.1, 0.15) is 18.2 Å². The van der Waals surface area contributed by atoms with Gasteiger partial charge in [0.2, 0.25) is 5.72 Å². The van der Waals surface area contributed by atoms with Gasteiger partial charge in [0, 0.05) is 13.0 Å². The molecule has 1 fully saturated rings. The molecule has 0 aromatic carbocycles. The number of aromatic nitrogens is 4. The van der Waals surface area contributed by atoms with E-state index in [4.69, 9.17) is 4.74 Å². The molecule has 1 unspecified atom stereocenters. The number of amides is 1. The second-order valence-electron chi connectivity index (χ2n) is 4.44. The number of carbonyl (C=O) groups excluding carboxylic acids is 1. The summed E-state index contributed by atoms with van der Waals surface area (Å²) in [7, 11) is 0. The van der Waals surface area contributed by atoms with Gasteiger partial charge in [-0.25, -0.2) is 15.0 Å². The van der Waals surface area contributed by atoms with Gasteiger partial charge in [-0.1, -0.05) is 0 Å². The summed E-state index contributed by atoms with van der Waals surface area (Å²) in [6, 6.07) is 0. The lowest BCUT2D eigenvalue weighted by Crippen LogP contribution is -2.48. The molecule has 7 heteroatoms. The lowest BCUT2D eigenvalue weighted by Gasteiger charge is -2.28. The molecule has 0 bridgehead atoms. The molecular weight excluding hydrogens is 246 g/mol. The second kappa shape index (κ2) is 4.58. The number of hydrogen-bond acceptors (Lipinski definition) is 5. The van der Waals surface area contributed by atoms with Crippen LogP contribution in [0.4, 0.5) is 0 Å². The van der Waals surface area contributed by atoms with Gasteiger partial charge >= 0.3 is 0 Å². The number of carbonyl (C=O) groups is 1. The topological polar surface area (TPSA) is 81.9 Å². The van der Waals surface area contributed by atoms with E-state index < -0.39 is 5.72 Å². The third-order valence-electron chi connectivity index (χ3n) is 3.31. The fraction of sp³-hybridized carbons (Fsp3) is 0.500. The van der Waals surface area contributed by atoms with Crippen LogP contribution in [0.15, 0.2) is 18.9 Å². The largest absolute Gasteiger partial charge is 0.352 e. The summed E-state index contributed by atoms with van der Waals surface area (Å²) in [5, 5.41) is 2.83. The van der Waals surface area contributed by atoms with E-state index in [1.54, 1.807) is 17.1 Å². The smallest absolute Gasteiger partial charge is 0.273 e. The highest BCUT2D eigenvalue weighted by molar-refractivity contribution is 5.85. The predicted molar refractivity (Wildman–Crippen MR) is 67.2 cm³/mol. The Morgan fingerprint density at radius 2 is 2.47 bits per heavy atom. The van der Waals surface area contributed by atoms with Gasteiger partial charge < -0.3 is 10.1 Å². The maximum Gasteiger partial charge on any atom is 0.273 e. The van der Waals surface area contributed by atoms with Crippen molar-refractivity contribution in [2.45, 2.75) is 25.5 Å². The number of rotatable bonds is 3. The van der Waals surface area contributed by atoms with Crippen molar-refractivity contribution < 1.29 is 9.53 Å². The molecule has 1 aliphatic rings. The van der Waals surface area contributed by atoms with Gasteiger partial charge in [0.05, 0.1) is 12.8 Å². The molecule has 1 atom stereocenters. The van der Waals surface area contributed by atoms with Crippen molar-refractivity contribution in [2.75, 3.05) is 13.2 Å². The van der Waals surface area contributed by atoms with Crippen molar-refractivity contribution in [3.63, 3.8) is 0 Å². The highest BCUT2D eigenvalue weighted by Crippen LogP contribution is 2.33. The minimum absolute atomic E-state index is 0.143. The quantitative estimate of drug-likeness (QED) is 0.866. The first-order valence-electron chi connectivity index (χ1n) is 6.34. The van der Waals surface area contributed by atoms with Gasteiger partial charge in [-0.2, -0.15) is 0 Å². The average Bonchev–Trinajstić information content (AvgIpc) is 3.06. The summed E-state index contributed by atoms with van der Waals surface area (Å²) in [5.41, 5.74) is 0.250. The fourth-order valence-electron chi connectivity index (χ4n) is 2.45. The van der Waals surface area contributed by atoms with E-state index in [-0.39, 0.29) is 5.91 Å². The molecule has 7 nitrogen and oxygen atoms in total. The van der Waals surface area contributed by atoms with Crippen LogP contribution in [-0.4, -0.2) is 38.6 Å². The Kier molecular flexibility index (Phi) is 2.90. The van der Waals surface area contributed by atoms with E-state index in [2.05, 4.69) is 20.3 Å². The van der Waals surface area contributed by atoms with Crippen molar-refractivity contribution in [1.29, 1.82) is 0 Å². The van der Waals surface area contributed by atoms with Crippen LogP contribution in [0.2, 0.25) is 0 Å². The molecule has 19 heavy (non-hydrogen) atoms. The molecule has 0 aliphatic carbocycles. The number of nitrogens with one attached hydrogen (secondary N) is 1. The minimum Gasteiger partial charge on any atom is -0.352 e. The van der Waals surface area contributed by atoms with Gasteiger partial charge in [-0.3, -0.25) is 9.36 Å². The van der Waals surface area contributed by atoms with Crippen LogP contribution in [0.3, 0.4) is 0 Å². The van der Waals surface area contributed by atoms with E-state index in [0.717, 1.165) is 6.42 Å². The third kappa shape index (κ3) is 1.77. The Bertz CT molecular complexity index is 603. The minimum atomic E-state index is -1.02. The zero-order chi connectivity index (χ0) is 13.3. The molecule has 1 N–H and O–H groups in total. The summed E-state index contributed by atoms with van der Waals surface area (Å²) in [6.45, 7) is 3.01. The van der Waals surface area contributed by atoms with Crippen LogP contribution in [0.25, 0.3) is 11.2 Å². The van der Waals surface area contributed by atoms with Crippen molar-refractivity contribution >= 4 is 17.1 Å². The molecule has 0 saturated carbocycles. The zero-order valence-corrected chi connectivity index (χ0v) is 10.7. The fourth-order valence-corrected chi connectivity index (χ4v) is 2.45. The number of likely N-dealkylation sites (N-methyl/N-ethyl adjacent to an activating group) is 1. The molecule has 0 spiro atoms. The number of imidazole rings is 1. The van der Waals surface area contributed by atoms with Crippen molar-refractivity contribution in [3.8, 4) is 0 Å².